The number of halogens is 2. The molecule has 1 heterocycles. The summed E-state index contributed by atoms with van der Waals surface area (Å²) >= 11 is 3.45. The predicted octanol–water partition coefficient (Wildman–Crippen LogP) is 3.25. The second kappa shape index (κ2) is 6.02. The van der Waals surface area contributed by atoms with E-state index < -0.39 is 0 Å². The molecule has 1 unspecified atom stereocenters. The highest BCUT2D eigenvalue weighted by atomic mass is 79.9. The zero-order chi connectivity index (χ0) is 13.1. The third-order valence-corrected chi connectivity index (χ3v) is 4.38. The number of rotatable bonds is 3. The summed E-state index contributed by atoms with van der Waals surface area (Å²) in [5, 5.41) is 0.698. The van der Waals surface area contributed by atoms with Gasteiger partial charge in [0.25, 0.3) is 0 Å². The van der Waals surface area contributed by atoms with Gasteiger partial charge in [0.05, 0.1) is 0 Å². The number of hydrogen-bond donors (Lipinski definition) is 0. The zero-order valence-electron chi connectivity index (χ0n) is 11.0. The monoisotopic (exact) mass is 314 g/mol. The van der Waals surface area contributed by atoms with Gasteiger partial charge in [0.2, 0.25) is 0 Å². The lowest BCUT2D eigenvalue weighted by molar-refractivity contribution is 0.213. The molecule has 0 N–H and O–H groups in total. The number of likely N-dealkylation sites (N-methyl/N-ethyl adjacent to an activating group) is 1. The lowest BCUT2D eigenvalue weighted by Crippen LogP contribution is -2.51. The fraction of sp³-hybridized carbons (Fsp3) is 0.571. The highest BCUT2D eigenvalue weighted by Gasteiger charge is 2.24. The topological polar surface area (TPSA) is 6.48 Å². The molecule has 1 saturated heterocycles. The summed E-state index contributed by atoms with van der Waals surface area (Å²) in [4.78, 5) is 4.79. The van der Waals surface area contributed by atoms with Gasteiger partial charge in [-0.1, -0.05) is 22.9 Å². The molecule has 18 heavy (non-hydrogen) atoms. The second-order valence-corrected chi connectivity index (χ2v) is 5.46. The Morgan fingerprint density at radius 2 is 2.17 bits per heavy atom. The number of anilines is 1. The van der Waals surface area contributed by atoms with Gasteiger partial charge in [0.15, 0.2) is 0 Å². The van der Waals surface area contributed by atoms with Crippen LogP contribution >= 0.6 is 15.9 Å². The largest absolute Gasteiger partial charge is 0.368 e. The van der Waals surface area contributed by atoms with E-state index in [2.05, 4.69) is 39.7 Å². The van der Waals surface area contributed by atoms with E-state index in [-0.39, 0.29) is 5.82 Å². The third kappa shape index (κ3) is 2.86. The summed E-state index contributed by atoms with van der Waals surface area (Å²) in [5.74, 6) is -0.158. The Hall–Kier alpha value is -0.610. The number of hydrogen-bond acceptors (Lipinski definition) is 2. The summed E-state index contributed by atoms with van der Waals surface area (Å²) in [5.41, 5.74) is 2.20. The fourth-order valence-electron chi connectivity index (χ4n) is 2.58. The summed E-state index contributed by atoms with van der Waals surface area (Å²) in [7, 11) is 2.18. The lowest BCUT2D eigenvalue weighted by atomic mass is 10.1. The molecule has 1 atom stereocenters. The van der Waals surface area contributed by atoms with E-state index in [1.54, 1.807) is 12.1 Å². The Labute approximate surface area is 117 Å². The van der Waals surface area contributed by atoms with Crippen LogP contribution in [0.25, 0.3) is 0 Å². The molecule has 1 aliphatic rings. The molecular formula is C14H20BrFN2. The quantitative estimate of drug-likeness (QED) is 0.790. The van der Waals surface area contributed by atoms with Crippen molar-refractivity contribution in [1.82, 2.24) is 4.90 Å². The average Bonchev–Trinajstić information content (AvgIpc) is 2.39. The van der Waals surface area contributed by atoms with Gasteiger partial charge in [0.1, 0.15) is 5.82 Å². The minimum absolute atomic E-state index is 0.158. The minimum Gasteiger partial charge on any atom is -0.368 e. The Morgan fingerprint density at radius 3 is 2.83 bits per heavy atom. The summed E-state index contributed by atoms with van der Waals surface area (Å²) in [6.45, 7) is 5.33. The van der Waals surface area contributed by atoms with E-state index in [0.29, 0.717) is 11.4 Å². The van der Waals surface area contributed by atoms with Gasteiger partial charge in [-0.2, -0.15) is 0 Å². The number of alkyl halides is 1. The number of benzene rings is 1. The molecule has 0 spiro atoms. The van der Waals surface area contributed by atoms with Crippen LogP contribution in [0.2, 0.25) is 0 Å². The first-order chi connectivity index (χ1) is 8.65. The van der Waals surface area contributed by atoms with E-state index in [4.69, 9.17) is 0 Å². The maximum atomic E-state index is 13.3. The molecule has 100 valence electrons. The standard InChI is InChI=1S/C14H20BrFN2/c1-3-13-10-18(7-6-17(13)2)14-5-4-12(16)8-11(14)9-15/h4-5,8,13H,3,6-7,9-10H2,1-2H3. The van der Waals surface area contributed by atoms with Crippen LogP contribution in [0.5, 0.6) is 0 Å². The first-order valence-electron chi connectivity index (χ1n) is 6.45. The van der Waals surface area contributed by atoms with E-state index in [9.17, 15) is 4.39 Å². The third-order valence-electron chi connectivity index (χ3n) is 3.77. The highest BCUT2D eigenvalue weighted by Crippen LogP contribution is 2.26. The zero-order valence-corrected chi connectivity index (χ0v) is 12.6. The molecule has 1 aromatic rings. The van der Waals surface area contributed by atoms with Gasteiger partial charge < -0.3 is 4.90 Å². The molecule has 1 aromatic carbocycles. The van der Waals surface area contributed by atoms with Gasteiger partial charge in [-0.05, 0) is 37.2 Å². The Bertz CT molecular complexity index is 411. The van der Waals surface area contributed by atoms with E-state index in [1.807, 2.05) is 6.07 Å². The van der Waals surface area contributed by atoms with E-state index in [0.717, 1.165) is 31.6 Å². The van der Waals surface area contributed by atoms with Gasteiger partial charge in [0, 0.05) is 36.7 Å². The van der Waals surface area contributed by atoms with Crippen molar-refractivity contribution in [2.24, 2.45) is 0 Å². The average molecular weight is 315 g/mol. The Morgan fingerprint density at radius 1 is 1.39 bits per heavy atom. The normalized spacial score (nSPS) is 21.3. The first-order valence-corrected chi connectivity index (χ1v) is 7.57. The molecule has 4 heteroatoms. The molecule has 1 aliphatic heterocycles. The van der Waals surface area contributed by atoms with Crippen LogP contribution in [-0.2, 0) is 5.33 Å². The van der Waals surface area contributed by atoms with Crippen LogP contribution in [-0.4, -0.2) is 37.6 Å². The summed E-state index contributed by atoms with van der Waals surface area (Å²) < 4.78 is 13.3. The van der Waals surface area contributed by atoms with Gasteiger partial charge in [-0.15, -0.1) is 0 Å². The molecular weight excluding hydrogens is 295 g/mol. The van der Waals surface area contributed by atoms with Crippen molar-refractivity contribution in [3.8, 4) is 0 Å². The van der Waals surface area contributed by atoms with Crippen molar-refractivity contribution in [2.45, 2.75) is 24.7 Å². The van der Waals surface area contributed by atoms with Crippen LogP contribution in [0.15, 0.2) is 18.2 Å². The molecule has 0 radical (unpaired) electrons. The van der Waals surface area contributed by atoms with Gasteiger partial charge in [-0.25, -0.2) is 4.39 Å². The van der Waals surface area contributed by atoms with Gasteiger partial charge in [-0.3, -0.25) is 4.90 Å². The van der Waals surface area contributed by atoms with E-state index in [1.165, 1.54) is 5.69 Å². The van der Waals surface area contributed by atoms with Crippen LogP contribution < -0.4 is 4.90 Å². The molecule has 2 nitrogen and oxygen atoms in total. The minimum atomic E-state index is -0.158. The molecule has 0 aromatic heterocycles. The van der Waals surface area contributed by atoms with Crippen LogP contribution in [0, 0.1) is 5.82 Å². The SMILES string of the molecule is CCC1CN(c2ccc(F)cc2CBr)CCN1C. The van der Waals surface area contributed by atoms with Crippen LogP contribution in [0.4, 0.5) is 10.1 Å². The lowest BCUT2D eigenvalue weighted by Gasteiger charge is -2.41. The summed E-state index contributed by atoms with van der Waals surface area (Å²) in [6.07, 6.45) is 1.15. The van der Waals surface area contributed by atoms with Crippen LogP contribution in [0.1, 0.15) is 18.9 Å². The summed E-state index contributed by atoms with van der Waals surface area (Å²) in [6, 6.07) is 5.68. The van der Waals surface area contributed by atoms with Crippen molar-refractivity contribution in [3.63, 3.8) is 0 Å². The molecule has 0 bridgehead atoms. The van der Waals surface area contributed by atoms with Crippen molar-refractivity contribution in [2.75, 3.05) is 31.6 Å². The van der Waals surface area contributed by atoms with Crippen molar-refractivity contribution in [3.05, 3.63) is 29.6 Å². The van der Waals surface area contributed by atoms with E-state index >= 15 is 0 Å². The molecule has 0 aliphatic carbocycles. The van der Waals surface area contributed by atoms with Gasteiger partial charge >= 0.3 is 0 Å². The maximum Gasteiger partial charge on any atom is 0.123 e. The fourth-order valence-corrected chi connectivity index (χ4v) is 3.02. The highest BCUT2D eigenvalue weighted by molar-refractivity contribution is 9.08. The van der Waals surface area contributed by atoms with Crippen molar-refractivity contribution >= 4 is 21.6 Å². The Kier molecular flexibility index (Phi) is 4.62. The Balaban J connectivity index is 2.21. The smallest absolute Gasteiger partial charge is 0.123 e. The van der Waals surface area contributed by atoms with Crippen LogP contribution in [0.3, 0.4) is 0 Å². The van der Waals surface area contributed by atoms with Crippen molar-refractivity contribution in [1.29, 1.82) is 0 Å². The molecule has 0 amide bonds. The molecule has 2 rings (SSSR count). The van der Waals surface area contributed by atoms with Crippen molar-refractivity contribution < 1.29 is 4.39 Å². The maximum absolute atomic E-state index is 13.3. The number of nitrogens with zero attached hydrogens (tertiary/aromatic N) is 2. The predicted molar refractivity (Wildman–Crippen MR) is 78.0 cm³/mol. The second-order valence-electron chi connectivity index (χ2n) is 4.90. The molecule has 1 fully saturated rings. The first kappa shape index (κ1) is 13.8. The number of piperazine rings is 1. The molecule has 0 saturated carbocycles.